The third-order valence-corrected chi connectivity index (χ3v) is 3.48. The van der Waals surface area contributed by atoms with Gasteiger partial charge < -0.3 is 9.84 Å². The van der Waals surface area contributed by atoms with Crippen LogP contribution >= 0.6 is 0 Å². The quantitative estimate of drug-likeness (QED) is 0.849. The van der Waals surface area contributed by atoms with Gasteiger partial charge in [0.2, 0.25) is 0 Å². The zero-order chi connectivity index (χ0) is 15.0. The van der Waals surface area contributed by atoms with Gasteiger partial charge >= 0.3 is 6.18 Å². The second kappa shape index (κ2) is 5.24. The largest absolute Gasteiger partial charge is 0.487 e. The van der Waals surface area contributed by atoms with Crippen molar-refractivity contribution >= 4 is 0 Å². The van der Waals surface area contributed by atoms with Crippen LogP contribution in [0.4, 0.5) is 17.6 Å². The SMILES string of the molecule is CC1(CCCC(F)(F)F)CC(O)c2cc(F)ccc2O1. The van der Waals surface area contributed by atoms with Crippen molar-refractivity contribution in [1.82, 2.24) is 0 Å². The monoisotopic (exact) mass is 292 g/mol. The van der Waals surface area contributed by atoms with E-state index in [-0.39, 0.29) is 19.3 Å². The van der Waals surface area contributed by atoms with Crippen molar-refractivity contribution in [2.24, 2.45) is 0 Å². The van der Waals surface area contributed by atoms with Crippen LogP contribution in [0.25, 0.3) is 0 Å². The lowest BCUT2D eigenvalue weighted by Crippen LogP contribution is -2.38. The van der Waals surface area contributed by atoms with Crippen LogP contribution < -0.4 is 4.74 Å². The molecule has 0 saturated heterocycles. The van der Waals surface area contributed by atoms with Crippen LogP contribution in [0.1, 0.15) is 44.3 Å². The summed E-state index contributed by atoms with van der Waals surface area (Å²) in [6.45, 7) is 1.67. The Balaban J connectivity index is 2.06. The molecule has 112 valence electrons. The third-order valence-electron chi connectivity index (χ3n) is 3.48. The summed E-state index contributed by atoms with van der Waals surface area (Å²) in [5.41, 5.74) is -0.520. The van der Waals surface area contributed by atoms with E-state index in [1.165, 1.54) is 18.2 Å². The fraction of sp³-hybridized carbons (Fsp3) is 0.571. The summed E-state index contributed by atoms with van der Waals surface area (Å²) >= 11 is 0. The number of aliphatic hydroxyl groups is 1. The molecule has 0 aromatic heterocycles. The molecular weight excluding hydrogens is 276 g/mol. The molecule has 0 radical (unpaired) electrons. The van der Waals surface area contributed by atoms with E-state index in [4.69, 9.17) is 4.74 Å². The normalized spacial score (nSPS) is 26.0. The van der Waals surface area contributed by atoms with Gasteiger partial charge in [-0.05, 0) is 38.0 Å². The zero-order valence-corrected chi connectivity index (χ0v) is 11.0. The Morgan fingerprint density at radius 3 is 2.75 bits per heavy atom. The van der Waals surface area contributed by atoms with Crippen molar-refractivity contribution in [3.8, 4) is 5.75 Å². The van der Waals surface area contributed by atoms with Gasteiger partial charge in [0.25, 0.3) is 0 Å². The first-order valence-corrected chi connectivity index (χ1v) is 6.42. The van der Waals surface area contributed by atoms with Gasteiger partial charge in [0, 0.05) is 18.4 Å². The maximum absolute atomic E-state index is 13.1. The van der Waals surface area contributed by atoms with Crippen LogP contribution in [-0.4, -0.2) is 16.9 Å². The van der Waals surface area contributed by atoms with E-state index >= 15 is 0 Å². The Morgan fingerprint density at radius 1 is 1.40 bits per heavy atom. The molecule has 6 heteroatoms. The number of fused-ring (bicyclic) bond motifs is 1. The Morgan fingerprint density at radius 2 is 2.10 bits per heavy atom. The predicted molar refractivity (Wildman–Crippen MR) is 64.9 cm³/mol. The lowest BCUT2D eigenvalue weighted by Gasteiger charge is -2.38. The Labute approximate surface area is 114 Å². The van der Waals surface area contributed by atoms with E-state index in [9.17, 15) is 22.7 Å². The number of rotatable bonds is 3. The smallest absolute Gasteiger partial charge is 0.389 e. The van der Waals surface area contributed by atoms with Gasteiger partial charge in [0.1, 0.15) is 17.2 Å². The second-order valence-corrected chi connectivity index (χ2v) is 5.42. The van der Waals surface area contributed by atoms with Crippen molar-refractivity contribution in [3.63, 3.8) is 0 Å². The molecule has 1 heterocycles. The summed E-state index contributed by atoms with van der Waals surface area (Å²) in [7, 11) is 0. The molecule has 0 spiro atoms. The van der Waals surface area contributed by atoms with E-state index in [1.807, 2.05) is 0 Å². The number of hydrogen-bond acceptors (Lipinski definition) is 2. The van der Waals surface area contributed by atoms with Gasteiger partial charge in [-0.25, -0.2) is 4.39 Å². The molecule has 0 amide bonds. The second-order valence-electron chi connectivity index (χ2n) is 5.42. The highest BCUT2D eigenvalue weighted by Crippen LogP contribution is 2.42. The molecule has 0 aliphatic carbocycles. The minimum atomic E-state index is -4.19. The lowest BCUT2D eigenvalue weighted by molar-refractivity contribution is -0.138. The molecule has 0 saturated carbocycles. The van der Waals surface area contributed by atoms with E-state index in [0.29, 0.717) is 11.3 Å². The van der Waals surface area contributed by atoms with E-state index in [1.54, 1.807) is 6.92 Å². The van der Waals surface area contributed by atoms with Gasteiger partial charge in [0.15, 0.2) is 0 Å². The highest BCUT2D eigenvalue weighted by Gasteiger charge is 2.37. The van der Waals surface area contributed by atoms with Crippen molar-refractivity contribution in [3.05, 3.63) is 29.6 Å². The van der Waals surface area contributed by atoms with Crippen LogP contribution in [-0.2, 0) is 0 Å². The van der Waals surface area contributed by atoms with Gasteiger partial charge in [-0.15, -0.1) is 0 Å². The van der Waals surface area contributed by atoms with Crippen LogP contribution in [0.5, 0.6) is 5.75 Å². The number of halogens is 4. The summed E-state index contributed by atoms with van der Waals surface area (Å²) in [6.07, 6.45) is -5.72. The van der Waals surface area contributed by atoms with Crippen LogP contribution in [0.2, 0.25) is 0 Å². The molecule has 2 rings (SSSR count). The highest BCUT2D eigenvalue weighted by molar-refractivity contribution is 5.38. The molecule has 0 fully saturated rings. The number of ether oxygens (including phenoxy) is 1. The fourth-order valence-electron chi connectivity index (χ4n) is 2.51. The summed E-state index contributed by atoms with van der Waals surface area (Å²) in [5.74, 6) is -0.147. The first-order chi connectivity index (χ1) is 9.19. The predicted octanol–water partition coefficient (Wildman–Crippen LogP) is 4.13. The maximum Gasteiger partial charge on any atom is 0.389 e. The molecule has 1 aromatic rings. The standard InChI is InChI=1S/C14H16F4O2/c1-13(5-2-6-14(16,17)18)8-11(19)10-7-9(15)3-4-12(10)20-13/h3-4,7,11,19H,2,5-6,8H2,1H3. The molecule has 20 heavy (non-hydrogen) atoms. The highest BCUT2D eigenvalue weighted by atomic mass is 19.4. The molecule has 1 aliphatic heterocycles. The van der Waals surface area contributed by atoms with E-state index < -0.39 is 30.1 Å². The Bertz CT molecular complexity index is 487. The molecule has 2 unspecified atom stereocenters. The minimum Gasteiger partial charge on any atom is -0.487 e. The van der Waals surface area contributed by atoms with Gasteiger partial charge in [-0.1, -0.05) is 0 Å². The molecule has 2 atom stereocenters. The molecular formula is C14H16F4O2. The molecule has 2 nitrogen and oxygen atoms in total. The number of aliphatic hydroxyl groups excluding tert-OH is 1. The molecule has 1 N–H and O–H groups in total. The van der Waals surface area contributed by atoms with Gasteiger partial charge in [0.05, 0.1) is 6.10 Å². The number of benzene rings is 1. The third kappa shape index (κ3) is 3.62. The summed E-state index contributed by atoms with van der Waals surface area (Å²) < 4.78 is 55.3. The van der Waals surface area contributed by atoms with E-state index in [0.717, 1.165) is 0 Å². The van der Waals surface area contributed by atoms with Crippen molar-refractivity contribution in [2.45, 2.75) is 50.5 Å². The number of hydrogen-bond donors (Lipinski definition) is 1. The van der Waals surface area contributed by atoms with Gasteiger partial charge in [-0.2, -0.15) is 13.2 Å². The average molecular weight is 292 g/mol. The van der Waals surface area contributed by atoms with Gasteiger partial charge in [-0.3, -0.25) is 0 Å². The van der Waals surface area contributed by atoms with Crippen LogP contribution in [0.15, 0.2) is 18.2 Å². The first kappa shape index (κ1) is 15.1. The summed E-state index contributed by atoms with van der Waals surface area (Å²) in [6, 6.07) is 3.79. The van der Waals surface area contributed by atoms with Crippen molar-refractivity contribution < 1.29 is 27.4 Å². The Kier molecular flexibility index (Phi) is 3.95. The minimum absolute atomic E-state index is 0.0662. The summed E-state index contributed by atoms with van der Waals surface area (Å²) in [4.78, 5) is 0. The molecule has 0 bridgehead atoms. The maximum atomic E-state index is 13.1. The average Bonchev–Trinajstić information content (AvgIpc) is 2.28. The van der Waals surface area contributed by atoms with Crippen LogP contribution in [0.3, 0.4) is 0 Å². The Hall–Kier alpha value is -1.30. The zero-order valence-electron chi connectivity index (χ0n) is 11.0. The first-order valence-electron chi connectivity index (χ1n) is 6.42. The lowest BCUT2D eigenvalue weighted by atomic mass is 9.86. The van der Waals surface area contributed by atoms with Crippen molar-refractivity contribution in [2.75, 3.05) is 0 Å². The molecule has 1 aromatic carbocycles. The van der Waals surface area contributed by atoms with Crippen molar-refractivity contribution in [1.29, 1.82) is 0 Å². The fourth-order valence-corrected chi connectivity index (χ4v) is 2.51. The van der Waals surface area contributed by atoms with Crippen LogP contribution in [0, 0.1) is 5.82 Å². The summed E-state index contributed by atoms with van der Waals surface area (Å²) in [5, 5.41) is 10.0. The molecule has 1 aliphatic rings. The number of alkyl halides is 3. The topological polar surface area (TPSA) is 29.5 Å². The van der Waals surface area contributed by atoms with E-state index in [2.05, 4.69) is 0 Å².